The molecular weight excluding hydrogens is 747 g/mol. The van der Waals surface area contributed by atoms with Gasteiger partial charge in [0.2, 0.25) is 5.91 Å². The molecule has 0 aromatic heterocycles. The van der Waals surface area contributed by atoms with E-state index in [1.165, 1.54) is 180 Å². The molecule has 0 bridgehead atoms. The Morgan fingerprint density at radius 1 is 0.525 bits per heavy atom. The number of amides is 1. The van der Waals surface area contributed by atoms with Crippen molar-refractivity contribution in [1.82, 2.24) is 5.32 Å². The van der Waals surface area contributed by atoms with Crippen LogP contribution in [0.3, 0.4) is 0 Å². The number of unbranched alkanes of at least 4 members (excludes halogenated alkanes) is 32. The monoisotopic (exact) mass is 844 g/mol. The predicted molar refractivity (Wildman–Crippen MR) is 241 cm³/mol. The van der Waals surface area contributed by atoms with E-state index in [1.807, 2.05) is 0 Å². The highest BCUT2D eigenvalue weighted by atomic mass is 16.7. The van der Waals surface area contributed by atoms with Crippen molar-refractivity contribution in [3.63, 3.8) is 0 Å². The summed E-state index contributed by atoms with van der Waals surface area (Å²) >= 11 is 0. The minimum absolute atomic E-state index is 0.252. The van der Waals surface area contributed by atoms with Gasteiger partial charge in [0.1, 0.15) is 30.5 Å². The number of hydrogen-bond donors (Lipinski definition) is 7. The van der Waals surface area contributed by atoms with Crippen LogP contribution in [0, 0.1) is 0 Å². The molecule has 0 aromatic rings. The number of carbonyl (C=O) groups excluding carboxylic acids is 1. The van der Waals surface area contributed by atoms with Crippen molar-refractivity contribution in [3.8, 4) is 0 Å². The minimum atomic E-state index is -1.60. The Hall–Kier alpha value is -0.850. The van der Waals surface area contributed by atoms with Crippen molar-refractivity contribution in [3.05, 3.63) is 0 Å². The van der Waals surface area contributed by atoms with E-state index in [0.29, 0.717) is 6.42 Å². The molecule has 7 N–H and O–H groups in total. The van der Waals surface area contributed by atoms with Gasteiger partial charge in [-0.25, -0.2) is 0 Å². The first-order valence-electron chi connectivity index (χ1n) is 25.3. The van der Waals surface area contributed by atoms with Crippen LogP contribution in [0.1, 0.15) is 245 Å². The maximum absolute atomic E-state index is 13.0. The lowest BCUT2D eigenvalue weighted by Gasteiger charge is -2.40. The van der Waals surface area contributed by atoms with Crippen LogP contribution in [0.4, 0.5) is 0 Å². The average Bonchev–Trinajstić information content (AvgIpc) is 3.23. The molecule has 1 saturated heterocycles. The van der Waals surface area contributed by atoms with Gasteiger partial charge in [0.05, 0.1) is 25.4 Å². The summed E-state index contributed by atoms with van der Waals surface area (Å²) in [5, 5.41) is 65.3. The molecule has 0 aromatic carbocycles. The number of aliphatic hydroxyl groups is 6. The van der Waals surface area contributed by atoms with Crippen molar-refractivity contribution in [1.29, 1.82) is 0 Å². The van der Waals surface area contributed by atoms with Gasteiger partial charge in [-0.3, -0.25) is 4.79 Å². The summed E-state index contributed by atoms with van der Waals surface area (Å²) in [6, 6.07) is -0.985. The molecule has 59 heavy (non-hydrogen) atoms. The summed E-state index contributed by atoms with van der Waals surface area (Å²) in [4.78, 5) is 13.0. The van der Waals surface area contributed by atoms with Gasteiger partial charge in [-0.1, -0.05) is 226 Å². The summed E-state index contributed by atoms with van der Waals surface area (Å²) in [5.41, 5.74) is 0. The van der Waals surface area contributed by atoms with Gasteiger partial charge in [0.25, 0.3) is 0 Å². The Bertz CT molecular complexity index is 911. The van der Waals surface area contributed by atoms with E-state index in [-0.39, 0.29) is 18.9 Å². The summed E-state index contributed by atoms with van der Waals surface area (Å²) < 4.78 is 11.2. The Morgan fingerprint density at radius 2 is 0.881 bits per heavy atom. The largest absolute Gasteiger partial charge is 0.394 e. The lowest BCUT2D eigenvalue weighted by Crippen LogP contribution is -2.60. The first kappa shape index (κ1) is 56.2. The summed E-state index contributed by atoms with van der Waals surface area (Å²) in [6.45, 7) is 3.63. The maximum atomic E-state index is 13.0. The van der Waals surface area contributed by atoms with Gasteiger partial charge < -0.3 is 45.4 Å². The smallest absolute Gasteiger partial charge is 0.220 e. The number of nitrogens with one attached hydrogen (secondary N) is 1. The standard InChI is InChI=1S/C49H97NO9/c1-3-5-7-9-11-13-15-17-19-20-21-22-23-24-26-28-30-32-34-36-38-44(53)50-41(40-58-49-48(57)47(56)46(55)43(39-51)59-49)45(54)42(52)37-35-33-31-29-27-25-18-16-14-12-10-8-6-4-2/h41-43,45-49,51-52,54-57H,3-40H2,1-2H3,(H,50,53)/t41-,42+,43+,45-,46+,47?,48?,49+/m0/s1. The fourth-order valence-corrected chi connectivity index (χ4v) is 8.44. The van der Waals surface area contributed by atoms with Crippen LogP contribution in [-0.2, 0) is 14.3 Å². The third-order valence-electron chi connectivity index (χ3n) is 12.6. The van der Waals surface area contributed by atoms with E-state index in [9.17, 15) is 35.4 Å². The first-order valence-corrected chi connectivity index (χ1v) is 25.3. The van der Waals surface area contributed by atoms with Crippen molar-refractivity contribution in [2.24, 2.45) is 0 Å². The van der Waals surface area contributed by atoms with E-state index in [0.717, 1.165) is 38.5 Å². The molecule has 0 spiro atoms. The van der Waals surface area contributed by atoms with E-state index in [4.69, 9.17) is 9.47 Å². The molecule has 1 aliphatic rings. The molecular formula is C49H97NO9. The molecule has 0 saturated carbocycles. The lowest BCUT2D eigenvalue weighted by molar-refractivity contribution is -0.303. The molecule has 352 valence electrons. The quantitative estimate of drug-likeness (QED) is 0.0296. The maximum Gasteiger partial charge on any atom is 0.220 e. The zero-order valence-corrected chi connectivity index (χ0v) is 38.4. The van der Waals surface area contributed by atoms with Gasteiger partial charge in [-0.15, -0.1) is 0 Å². The van der Waals surface area contributed by atoms with Gasteiger partial charge >= 0.3 is 0 Å². The zero-order valence-electron chi connectivity index (χ0n) is 38.4. The van der Waals surface area contributed by atoms with Crippen molar-refractivity contribution < 1.29 is 44.9 Å². The Balaban J connectivity index is 2.31. The first-order chi connectivity index (χ1) is 28.8. The van der Waals surface area contributed by atoms with E-state index >= 15 is 0 Å². The molecule has 1 aliphatic heterocycles. The van der Waals surface area contributed by atoms with E-state index in [2.05, 4.69) is 19.2 Å². The molecule has 1 amide bonds. The summed E-state index contributed by atoms with van der Waals surface area (Å²) in [5.74, 6) is -0.252. The van der Waals surface area contributed by atoms with Crippen molar-refractivity contribution >= 4 is 5.91 Å². The molecule has 0 radical (unpaired) electrons. The van der Waals surface area contributed by atoms with Crippen LogP contribution in [0.25, 0.3) is 0 Å². The molecule has 8 atom stereocenters. The SMILES string of the molecule is CCCCCCCCCCCCCCCCCCCCCCC(=O)N[C@@H](CO[C@@H]1O[C@H](CO)[C@@H](O)C(O)C1O)[C@H](O)[C@H](O)CCCCCCCCCCCCCCCC. The zero-order chi connectivity index (χ0) is 43.2. The third kappa shape index (κ3) is 30.0. The van der Waals surface area contributed by atoms with Crippen LogP contribution >= 0.6 is 0 Å². The summed E-state index contributed by atoms with van der Waals surface area (Å²) in [7, 11) is 0. The van der Waals surface area contributed by atoms with Crippen molar-refractivity contribution in [2.45, 2.75) is 294 Å². The molecule has 10 nitrogen and oxygen atoms in total. The predicted octanol–water partition coefficient (Wildman–Crippen LogP) is 10.1. The highest BCUT2D eigenvalue weighted by molar-refractivity contribution is 5.76. The van der Waals surface area contributed by atoms with Crippen LogP contribution in [-0.4, -0.2) is 98.7 Å². The minimum Gasteiger partial charge on any atom is -0.394 e. The highest BCUT2D eigenvalue weighted by Gasteiger charge is 2.44. The van der Waals surface area contributed by atoms with Crippen LogP contribution < -0.4 is 5.32 Å². The fourth-order valence-electron chi connectivity index (χ4n) is 8.44. The molecule has 0 aliphatic carbocycles. The Kier molecular flexibility index (Phi) is 38.0. The lowest BCUT2D eigenvalue weighted by atomic mass is 9.98. The fraction of sp³-hybridized carbons (Fsp3) is 0.980. The van der Waals surface area contributed by atoms with E-state index in [1.54, 1.807) is 0 Å². The van der Waals surface area contributed by atoms with Gasteiger partial charge in [-0.2, -0.15) is 0 Å². The molecule has 1 rings (SSSR count). The van der Waals surface area contributed by atoms with Gasteiger partial charge in [0, 0.05) is 6.42 Å². The molecule has 2 unspecified atom stereocenters. The second-order valence-electron chi connectivity index (χ2n) is 18.1. The van der Waals surface area contributed by atoms with Crippen molar-refractivity contribution in [2.75, 3.05) is 13.2 Å². The van der Waals surface area contributed by atoms with Crippen LogP contribution in [0.2, 0.25) is 0 Å². The number of hydrogen-bond acceptors (Lipinski definition) is 9. The molecule has 1 heterocycles. The number of carbonyl (C=O) groups is 1. The van der Waals surface area contributed by atoms with E-state index < -0.39 is 55.6 Å². The Morgan fingerprint density at radius 3 is 1.25 bits per heavy atom. The third-order valence-corrected chi connectivity index (χ3v) is 12.6. The molecule has 10 heteroatoms. The molecule has 1 fully saturated rings. The second-order valence-corrected chi connectivity index (χ2v) is 18.1. The summed E-state index contributed by atoms with van der Waals surface area (Å²) in [6.07, 6.45) is 33.9. The highest BCUT2D eigenvalue weighted by Crippen LogP contribution is 2.23. The number of ether oxygens (including phenoxy) is 2. The average molecular weight is 844 g/mol. The van der Waals surface area contributed by atoms with Crippen LogP contribution in [0.15, 0.2) is 0 Å². The number of aliphatic hydroxyl groups excluding tert-OH is 6. The van der Waals surface area contributed by atoms with Crippen LogP contribution in [0.5, 0.6) is 0 Å². The van der Waals surface area contributed by atoms with Gasteiger partial charge in [-0.05, 0) is 12.8 Å². The second kappa shape index (κ2) is 40.0. The Labute approximate surface area is 362 Å². The normalized spacial score (nSPS) is 21.1. The number of rotatable bonds is 43. The topological polar surface area (TPSA) is 169 Å². The van der Waals surface area contributed by atoms with Gasteiger partial charge in [0.15, 0.2) is 6.29 Å².